The van der Waals surface area contributed by atoms with Gasteiger partial charge < -0.3 is 9.47 Å². The van der Waals surface area contributed by atoms with Crippen LogP contribution >= 0.6 is 11.6 Å². The Labute approximate surface area is 174 Å². The fourth-order valence-corrected chi connectivity index (χ4v) is 2.65. The summed E-state index contributed by atoms with van der Waals surface area (Å²) in [7, 11) is 0. The molecule has 0 aliphatic carbocycles. The van der Waals surface area contributed by atoms with Crippen LogP contribution in [0.25, 0.3) is 6.08 Å². The lowest BCUT2D eigenvalue weighted by atomic mass is 10.1. The zero-order valence-electron chi connectivity index (χ0n) is 15.6. The van der Waals surface area contributed by atoms with Gasteiger partial charge in [-0.1, -0.05) is 84.4 Å². The molecular formula is C24H19ClO4. The van der Waals surface area contributed by atoms with E-state index in [1.165, 1.54) is 6.08 Å². The Balaban J connectivity index is 1.75. The van der Waals surface area contributed by atoms with Crippen LogP contribution in [0.3, 0.4) is 0 Å². The number of benzene rings is 3. The van der Waals surface area contributed by atoms with Gasteiger partial charge in [-0.3, -0.25) is 0 Å². The number of halogens is 1. The van der Waals surface area contributed by atoms with Gasteiger partial charge in [0.25, 0.3) is 0 Å². The number of carbonyl (C=O) groups excluding carboxylic acids is 2. The average molecular weight is 407 g/mol. The zero-order chi connectivity index (χ0) is 20.5. The third kappa shape index (κ3) is 6.33. The molecule has 29 heavy (non-hydrogen) atoms. The average Bonchev–Trinajstić information content (AvgIpc) is 2.77. The molecular weight excluding hydrogens is 388 g/mol. The van der Waals surface area contributed by atoms with E-state index in [0.29, 0.717) is 10.6 Å². The van der Waals surface area contributed by atoms with Crippen LogP contribution in [0.5, 0.6) is 0 Å². The molecule has 3 rings (SSSR count). The summed E-state index contributed by atoms with van der Waals surface area (Å²) in [6.07, 6.45) is 1.44. The summed E-state index contributed by atoms with van der Waals surface area (Å²) in [5.74, 6) is -1.50. The quantitative estimate of drug-likeness (QED) is 0.234. The highest BCUT2D eigenvalue weighted by atomic mass is 35.5. The first-order chi connectivity index (χ1) is 14.1. The van der Waals surface area contributed by atoms with Gasteiger partial charge in [-0.2, -0.15) is 0 Å². The first-order valence-corrected chi connectivity index (χ1v) is 9.39. The van der Waals surface area contributed by atoms with Gasteiger partial charge in [0.15, 0.2) is 0 Å². The summed E-state index contributed by atoms with van der Waals surface area (Å²) >= 11 is 5.90. The fourth-order valence-electron chi connectivity index (χ4n) is 2.53. The molecule has 0 fully saturated rings. The summed E-state index contributed by atoms with van der Waals surface area (Å²) < 4.78 is 10.7. The lowest BCUT2D eigenvalue weighted by molar-refractivity contribution is -0.148. The van der Waals surface area contributed by atoms with Crippen molar-refractivity contribution in [2.75, 3.05) is 0 Å². The normalized spacial score (nSPS) is 10.1. The minimum Gasteiger partial charge on any atom is -0.457 e. The molecule has 0 atom stereocenters. The Kier molecular flexibility index (Phi) is 7.20. The number of ether oxygens (including phenoxy) is 2. The summed E-state index contributed by atoms with van der Waals surface area (Å²) in [5, 5.41) is 0.557. The Morgan fingerprint density at radius 3 is 1.59 bits per heavy atom. The number of hydrogen-bond donors (Lipinski definition) is 0. The third-order valence-corrected chi connectivity index (χ3v) is 4.30. The molecule has 0 amide bonds. The standard InChI is InChI=1S/C24H19ClO4/c25-21-13-11-18(12-14-21)15-22(23(26)28-16-19-7-3-1-4-8-19)24(27)29-17-20-9-5-2-6-10-20/h1-15H,16-17H2. The van der Waals surface area contributed by atoms with Crippen molar-refractivity contribution in [3.8, 4) is 0 Å². The van der Waals surface area contributed by atoms with Gasteiger partial charge >= 0.3 is 11.9 Å². The molecule has 0 saturated carbocycles. The Bertz CT molecular complexity index is 923. The molecule has 0 unspecified atom stereocenters. The molecule has 0 bridgehead atoms. The maximum Gasteiger partial charge on any atom is 0.345 e. The monoisotopic (exact) mass is 406 g/mol. The number of esters is 2. The van der Waals surface area contributed by atoms with E-state index in [2.05, 4.69) is 0 Å². The number of carbonyl (C=O) groups is 2. The topological polar surface area (TPSA) is 52.6 Å². The van der Waals surface area contributed by atoms with Crippen LogP contribution in [0.4, 0.5) is 0 Å². The van der Waals surface area contributed by atoms with E-state index >= 15 is 0 Å². The largest absolute Gasteiger partial charge is 0.457 e. The van der Waals surface area contributed by atoms with Crippen LogP contribution < -0.4 is 0 Å². The van der Waals surface area contributed by atoms with E-state index in [0.717, 1.165) is 11.1 Å². The minimum atomic E-state index is -0.748. The van der Waals surface area contributed by atoms with Gasteiger partial charge in [0, 0.05) is 5.02 Å². The highest BCUT2D eigenvalue weighted by Gasteiger charge is 2.22. The molecule has 0 aliphatic heterocycles. The molecule has 5 heteroatoms. The van der Waals surface area contributed by atoms with Crippen LogP contribution in [0.2, 0.25) is 5.02 Å². The fraction of sp³-hybridized carbons (Fsp3) is 0.0833. The third-order valence-electron chi connectivity index (χ3n) is 4.05. The first-order valence-electron chi connectivity index (χ1n) is 9.01. The van der Waals surface area contributed by atoms with E-state index in [1.54, 1.807) is 24.3 Å². The molecule has 0 radical (unpaired) electrons. The van der Waals surface area contributed by atoms with E-state index in [1.807, 2.05) is 60.7 Å². The van der Waals surface area contributed by atoms with Crippen LogP contribution in [0.1, 0.15) is 16.7 Å². The maximum atomic E-state index is 12.6. The second-order valence-electron chi connectivity index (χ2n) is 6.23. The van der Waals surface area contributed by atoms with Crippen LogP contribution in [0.15, 0.2) is 90.5 Å². The number of rotatable bonds is 7. The molecule has 3 aromatic rings. The van der Waals surface area contributed by atoms with E-state index in [4.69, 9.17) is 21.1 Å². The first kappa shape index (κ1) is 20.4. The molecule has 0 spiro atoms. The molecule has 146 valence electrons. The lowest BCUT2D eigenvalue weighted by Crippen LogP contribution is -2.18. The molecule has 0 heterocycles. The van der Waals surface area contributed by atoms with Crippen LogP contribution in [0, 0.1) is 0 Å². The van der Waals surface area contributed by atoms with Crippen molar-refractivity contribution >= 4 is 29.6 Å². The second-order valence-corrected chi connectivity index (χ2v) is 6.67. The lowest BCUT2D eigenvalue weighted by Gasteiger charge is -2.10. The molecule has 0 saturated heterocycles. The summed E-state index contributed by atoms with van der Waals surface area (Å²) in [5.41, 5.74) is 2.10. The van der Waals surface area contributed by atoms with Crippen molar-refractivity contribution in [2.24, 2.45) is 0 Å². The Hall–Kier alpha value is -3.37. The van der Waals surface area contributed by atoms with Crippen molar-refractivity contribution in [1.29, 1.82) is 0 Å². The number of hydrogen-bond acceptors (Lipinski definition) is 4. The predicted molar refractivity (Wildman–Crippen MR) is 112 cm³/mol. The summed E-state index contributed by atoms with van der Waals surface area (Å²) in [4.78, 5) is 25.2. The molecule has 3 aromatic carbocycles. The van der Waals surface area contributed by atoms with Crippen molar-refractivity contribution in [3.05, 3.63) is 112 Å². The Morgan fingerprint density at radius 1 is 0.690 bits per heavy atom. The highest BCUT2D eigenvalue weighted by Crippen LogP contribution is 2.16. The van der Waals surface area contributed by atoms with Crippen molar-refractivity contribution in [2.45, 2.75) is 13.2 Å². The highest BCUT2D eigenvalue weighted by molar-refractivity contribution is 6.30. The molecule has 0 aliphatic rings. The summed E-state index contributed by atoms with van der Waals surface area (Å²) in [6.45, 7) is 0.118. The van der Waals surface area contributed by atoms with Gasteiger partial charge in [0.05, 0.1) is 0 Å². The van der Waals surface area contributed by atoms with Crippen molar-refractivity contribution < 1.29 is 19.1 Å². The van der Waals surface area contributed by atoms with E-state index in [-0.39, 0.29) is 18.8 Å². The smallest absolute Gasteiger partial charge is 0.345 e. The Morgan fingerprint density at radius 2 is 1.14 bits per heavy atom. The van der Waals surface area contributed by atoms with Crippen LogP contribution in [-0.4, -0.2) is 11.9 Å². The van der Waals surface area contributed by atoms with Gasteiger partial charge in [-0.15, -0.1) is 0 Å². The molecule has 0 aromatic heterocycles. The summed E-state index contributed by atoms with van der Waals surface area (Å²) in [6, 6.07) is 25.3. The zero-order valence-corrected chi connectivity index (χ0v) is 16.3. The predicted octanol–water partition coefficient (Wildman–Crippen LogP) is 5.21. The van der Waals surface area contributed by atoms with Gasteiger partial charge in [-0.05, 0) is 34.9 Å². The second kappa shape index (κ2) is 10.2. The van der Waals surface area contributed by atoms with Crippen LogP contribution in [-0.2, 0) is 32.3 Å². The maximum absolute atomic E-state index is 12.6. The van der Waals surface area contributed by atoms with Gasteiger partial charge in [0.2, 0.25) is 0 Å². The molecule has 4 nitrogen and oxygen atoms in total. The van der Waals surface area contributed by atoms with Crippen molar-refractivity contribution in [1.82, 2.24) is 0 Å². The molecule has 0 N–H and O–H groups in total. The van der Waals surface area contributed by atoms with Crippen molar-refractivity contribution in [3.63, 3.8) is 0 Å². The minimum absolute atomic E-state index is 0.0591. The van der Waals surface area contributed by atoms with E-state index in [9.17, 15) is 9.59 Å². The van der Waals surface area contributed by atoms with Gasteiger partial charge in [-0.25, -0.2) is 9.59 Å². The van der Waals surface area contributed by atoms with Gasteiger partial charge in [0.1, 0.15) is 18.8 Å². The SMILES string of the molecule is O=C(OCc1ccccc1)C(=Cc1ccc(Cl)cc1)C(=O)OCc1ccccc1. The van der Waals surface area contributed by atoms with E-state index < -0.39 is 11.9 Å².